The number of aliphatic carboxylic acids is 1. The molecule has 10 nitrogen and oxygen atoms in total. The zero-order valence-electron chi connectivity index (χ0n) is 16.7. The molecule has 0 spiro atoms. The van der Waals surface area contributed by atoms with Crippen molar-refractivity contribution >= 4 is 22.0 Å². The van der Waals surface area contributed by atoms with Crippen LogP contribution in [0.25, 0.3) is 0 Å². The maximum Gasteiger partial charge on any atom is 0.322 e. The molecule has 0 aliphatic carbocycles. The predicted molar refractivity (Wildman–Crippen MR) is 113 cm³/mol. The molecule has 2 aromatic rings. The predicted octanol–water partition coefficient (Wildman–Crippen LogP) is 0.861. The van der Waals surface area contributed by atoms with E-state index in [2.05, 4.69) is 5.16 Å². The molecule has 1 aliphatic heterocycles. The molecule has 2 aromatic carbocycles. The molecule has 5 N–H and O–H groups in total. The number of carboxylic acids is 1. The molecule has 1 aliphatic rings. The molecule has 0 radical (unpaired) electrons. The molecule has 0 saturated carbocycles. The van der Waals surface area contributed by atoms with Crippen LogP contribution >= 0.6 is 0 Å². The van der Waals surface area contributed by atoms with Gasteiger partial charge in [0.25, 0.3) is 0 Å². The van der Waals surface area contributed by atoms with Crippen LogP contribution in [0.15, 0.2) is 58.6 Å². The fourth-order valence-electron chi connectivity index (χ4n) is 3.25. The highest BCUT2D eigenvalue weighted by molar-refractivity contribution is 7.89. The number of nitrogens with two attached hydrogens (primary N) is 2. The van der Waals surface area contributed by atoms with Gasteiger partial charge in [0.05, 0.1) is 11.5 Å². The van der Waals surface area contributed by atoms with E-state index in [1.165, 1.54) is 12.1 Å². The van der Waals surface area contributed by atoms with Gasteiger partial charge in [-0.2, -0.15) is 4.31 Å². The van der Waals surface area contributed by atoms with Crippen molar-refractivity contribution in [3.63, 3.8) is 0 Å². The summed E-state index contributed by atoms with van der Waals surface area (Å²) in [6.07, 6.45) is 0.604. The SMILES string of the molecule is NC(N)=NOCCCOc1ccc2c(c1)CN(S(=O)(=O)c1ccccc1)C(C(=O)O)C2. The van der Waals surface area contributed by atoms with Gasteiger partial charge in [-0.05, 0) is 40.5 Å². The number of benzene rings is 2. The van der Waals surface area contributed by atoms with Crippen LogP contribution in [0.1, 0.15) is 17.5 Å². The number of hydrogen-bond donors (Lipinski definition) is 3. The molecule has 11 heteroatoms. The number of hydrogen-bond acceptors (Lipinski definition) is 6. The first-order valence-electron chi connectivity index (χ1n) is 9.54. The Morgan fingerprint density at radius 2 is 1.87 bits per heavy atom. The van der Waals surface area contributed by atoms with Crippen LogP contribution in [0, 0.1) is 0 Å². The van der Waals surface area contributed by atoms with E-state index in [1.807, 2.05) is 0 Å². The normalized spacial score (nSPS) is 16.2. The van der Waals surface area contributed by atoms with Crippen molar-refractivity contribution < 1.29 is 27.9 Å². The molecule has 166 valence electrons. The van der Waals surface area contributed by atoms with Crippen LogP contribution in [-0.2, 0) is 32.6 Å². The molecule has 0 saturated heterocycles. The van der Waals surface area contributed by atoms with Gasteiger partial charge in [-0.1, -0.05) is 24.3 Å². The summed E-state index contributed by atoms with van der Waals surface area (Å²) < 4.78 is 32.9. The van der Waals surface area contributed by atoms with Gasteiger partial charge in [0.1, 0.15) is 18.4 Å². The topological polar surface area (TPSA) is 158 Å². The van der Waals surface area contributed by atoms with E-state index in [-0.39, 0.29) is 30.4 Å². The summed E-state index contributed by atoms with van der Waals surface area (Å²) in [6, 6.07) is 11.9. The first-order valence-corrected chi connectivity index (χ1v) is 11.0. The number of oxime groups is 1. The van der Waals surface area contributed by atoms with E-state index < -0.39 is 22.0 Å². The summed E-state index contributed by atoms with van der Waals surface area (Å²) in [6.45, 7) is 0.545. The average molecular weight is 449 g/mol. The molecule has 0 aromatic heterocycles. The zero-order valence-corrected chi connectivity index (χ0v) is 17.5. The fourth-order valence-corrected chi connectivity index (χ4v) is 4.83. The second kappa shape index (κ2) is 9.67. The lowest BCUT2D eigenvalue weighted by molar-refractivity contribution is -0.141. The minimum atomic E-state index is -3.98. The maximum absolute atomic E-state index is 13.1. The Morgan fingerprint density at radius 1 is 1.13 bits per heavy atom. The Kier molecular flexibility index (Phi) is 6.98. The molecule has 0 bridgehead atoms. The molecule has 1 atom stereocenters. The Labute approximate surface area is 180 Å². The summed E-state index contributed by atoms with van der Waals surface area (Å²) in [4.78, 5) is 16.8. The zero-order chi connectivity index (χ0) is 22.4. The lowest BCUT2D eigenvalue weighted by Crippen LogP contribution is -2.48. The first kappa shape index (κ1) is 22.4. The van der Waals surface area contributed by atoms with E-state index in [9.17, 15) is 18.3 Å². The molecule has 3 rings (SSSR count). The smallest absolute Gasteiger partial charge is 0.322 e. The average Bonchev–Trinajstić information content (AvgIpc) is 2.75. The third-order valence-corrected chi connectivity index (χ3v) is 6.59. The standard InChI is InChI=1S/C20H24N4O6S/c21-20(22)23-30-10-4-9-29-16-8-7-14-12-18(19(25)26)24(13-15(14)11-16)31(27,28)17-5-2-1-3-6-17/h1-3,5-8,11,18H,4,9-10,12-13H2,(H,25,26)(H4,21,22,23). The van der Waals surface area contributed by atoms with E-state index >= 15 is 0 Å². The number of carboxylic acid groups (broad SMARTS) is 1. The van der Waals surface area contributed by atoms with Crippen molar-refractivity contribution in [1.82, 2.24) is 4.31 Å². The molecule has 1 unspecified atom stereocenters. The van der Waals surface area contributed by atoms with Crippen LogP contribution < -0.4 is 16.2 Å². The number of guanidine groups is 1. The van der Waals surface area contributed by atoms with Crippen LogP contribution in [0.3, 0.4) is 0 Å². The number of sulfonamides is 1. The third-order valence-electron chi connectivity index (χ3n) is 4.72. The second-order valence-electron chi connectivity index (χ2n) is 6.90. The van der Waals surface area contributed by atoms with Gasteiger partial charge in [-0.15, -0.1) is 0 Å². The van der Waals surface area contributed by atoms with E-state index in [0.717, 1.165) is 9.87 Å². The third kappa shape index (κ3) is 5.44. The summed E-state index contributed by atoms with van der Waals surface area (Å²) in [5.74, 6) is -0.803. The van der Waals surface area contributed by atoms with Crippen molar-refractivity contribution in [2.75, 3.05) is 13.2 Å². The van der Waals surface area contributed by atoms with Gasteiger partial charge in [0.15, 0.2) is 0 Å². The molecule has 31 heavy (non-hydrogen) atoms. The van der Waals surface area contributed by atoms with Gasteiger partial charge in [0, 0.05) is 19.4 Å². The summed E-state index contributed by atoms with van der Waals surface area (Å²) in [5, 5.41) is 13.1. The molecule has 0 fully saturated rings. The van der Waals surface area contributed by atoms with Gasteiger partial charge < -0.3 is 26.1 Å². The van der Waals surface area contributed by atoms with Crippen LogP contribution in [-0.4, -0.2) is 49.0 Å². The van der Waals surface area contributed by atoms with Gasteiger partial charge in [-0.25, -0.2) is 8.42 Å². The Morgan fingerprint density at radius 3 is 2.55 bits per heavy atom. The molecular weight excluding hydrogens is 424 g/mol. The number of rotatable bonds is 9. The lowest BCUT2D eigenvalue weighted by Gasteiger charge is -2.33. The Bertz CT molecular complexity index is 1050. The van der Waals surface area contributed by atoms with Crippen LogP contribution in [0.2, 0.25) is 0 Å². The molecule has 0 amide bonds. The number of carbonyl (C=O) groups is 1. The minimum absolute atomic E-state index is 0.0536. The molecular formula is C20H24N4O6S. The lowest BCUT2D eigenvalue weighted by atomic mass is 9.95. The van der Waals surface area contributed by atoms with Crippen molar-refractivity contribution in [2.45, 2.75) is 30.3 Å². The highest BCUT2D eigenvalue weighted by atomic mass is 32.2. The largest absolute Gasteiger partial charge is 0.493 e. The van der Waals surface area contributed by atoms with Crippen molar-refractivity contribution in [1.29, 1.82) is 0 Å². The Hall–Kier alpha value is -3.31. The van der Waals surface area contributed by atoms with E-state index in [4.69, 9.17) is 21.0 Å². The van der Waals surface area contributed by atoms with E-state index in [1.54, 1.807) is 36.4 Å². The van der Waals surface area contributed by atoms with Crippen molar-refractivity contribution in [3.05, 3.63) is 59.7 Å². The second-order valence-corrected chi connectivity index (χ2v) is 8.79. The number of fused-ring (bicyclic) bond motifs is 1. The summed E-state index contributed by atoms with van der Waals surface area (Å²) in [5.41, 5.74) is 11.8. The van der Waals surface area contributed by atoms with Crippen molar-refractivity contribution in [2.24, 2.45) is 16.6 Å². The molecule has 1 heterocycles. The number of ether oxygens (including phenoxy) is 1. The van der Waals surface area contributed by atoms with Crippen LogP contribution in [0.4, 0.5) is 0 Å². The number of nitrogens with zero attached hydrogens (tertiary/aromatic N) is 2. The van der Waals surface area contributed by atoms with Crippen molar-refractivity contribution in [3.8, 4) is 5.75 Å². The summed E-state index contributed by atoms with van der Waals surface area (Å²) in [7, 11) is -3.98. The minimum Gasteiger partial charge on any atom is -0.493 e. The maximum atomic E-state index is 13.1. The van der Waals surface area contributed by atoms with E-state index in [0.29, 0.717) is 24.3 Å². The quantitative estimate of drug-likeness (QED) is 0.221. The highest BCUT2D eigenvalue weighted by Crippen LogP contribution is 2.31. The summed E-state index contributed by atoms with van der Waals surface area (Å²) >= 11 is 0. The fraction of sp³-hybridized carbons (Fsp3) is 0.300. The van der Waals surface area contributed by atoms with Gasteiger partial charge in [0.2, 0.25) is 16.0 Å². The first-order chi connectivity index (χ1) is 14.8. The highest BCUT2D eigenvalue weighted by Gasteiger charge is 2.39. The van der Waals surface area contributed by atoms with Gasteiger partial charge in [-0.3, -0.25) is 4.79 Å². The van der Waals surface area contributed by atoms with Crippen LogP contribution in [0.5, 0.6) is 5.75 Å². The monoisotopic (exact) mass is 448 g/mol. The van der Waals surface area contributed by atoms with Gasteiger partial charge >= 0.3 is 5.97 Å². The Balaban J connectivity index is 1.75.